The van der Waals surface area contributed by atoms with Gasteiger partial charge in [0, 0.05) is 34.7 Å². The summed E-state index contributed by atoms with van der Waals surface area (Å²) in [4.78, 5) is 29.8. The first-order chi connectivity index (χ1) is 24.2. The summed E-state index contributed by atoms with van der Waals surface area (Å²) < 4.78 is 41.7. The van der Waals surface area contributed by atoms with Gasteiger partial charge in [-0.25, -0.2) is 13.2 Å². The maximum absolute atomic E-state index is 14.0. The van der Waals surface area contributed by atoms with E-state index in [0.717, 1.165) is 36.7 Å². The predicted octanol–water partition coefficient (Wildman–Crippen LogP) is 7.49. The van der Waals surface area contributed by atoms with Gasteiger partial charge in [-0.3, -0.25) is 18.6 Å². The van der Waals surface area contributed by atoms with Crippen molar-refractivity contribution in [1.29, 1.82) is 0 Å². The van der Waals surface area contributed by atoms with Gasteiger partial charge in [-0.05, 0) is 108 Å². The van der Waals surface area contributed by atoms with Gasteiger partial charge in [-0.2, -0.15) is 0 Å². The Morgan fingerprint density at radius 3 is 2.31 bits per heavy atom. The van der Waals surface area contributed by atoms with Crippen molar-refractivity contribution < 1.29 is 27.5 Å². The molecule has 1 aliphatic rings. The summed E-state index contributed by atoms with van der Waals surface area (Å²) in [5, 5.41) is 9.83. The number of aromatic nitrogens is 3. The van der Waals surface area contributed by atoms with Gasteiger partial charge < -0.3 is 14.4 Å². The first-order valence-electron chi connectivity index (χ1n) is 17.1. The second-order valence-corrected chi connectivity index (χ2v) is 16.1. The van der Waals surface area contributed by atoms with Crippen molar-refractivity contribution in [3.63, 3.8) is 0 Å². The molecule has 2 aromatic heterocycles. The number of amides is 1. The van der Waals surface area contributed by atoms with Crippen molar-refractivity contribution in [1.82, 2.24) is 19.7 Å². The van der Waals surface area contributed by atoms with Gasteiger partial charge in [0.1, 0.15) is 12.1 Å². The zero-order valence-corrected chi connectivity index (χ0v) is 31.7. The van der Waals surface area contributed by atoms with Crippen molar-refractivity contribution in [2.45, 2.75) is 70.3 Å². The number of carbonyl (C=O) groups is 2. The molecule has 0 spiro atoms. The minimum absolute atomic E-state index is 0.141. The standard InChI is InChI=1S/C36H44Cl2N6O6S/c1-5-6-20-49-34(45)25-44(51(47,48)30-23-27(37)22-28(38)24-30)29-10-11-31-26(21-29)14-17-42(31)32-12-13-33(40-39-32)43(35(46)50-36(2,3)4)19-18-41-15-8-7-9-16-41/h10-14,17,21-24H,5-9,15-16,18-20,25H2,1-4H3. The number of halogens is 2. The van der Waals surface area contributed by atoms with Crippen LogP contribution in [-0.2, 0) is 24.3 Å². The fourth-order valence-electron chi connectivity index (χ4n) is 5.73. The molecule has 0 N–H and O–H groups in total. The Labute approximate surface area is 309 Å². The summed E-state index contributed by atoms with van der Waals surface area (Å²) in [5.41, 5.74) is 0.276. The summed E-state index contributed by atoms with van der Waals surface area (Å²) in [6, 6.07) is 14.3. The highest BCUT2D eigenvalue weighted by atomic mass is 35.5. The Morgan fingerprint density at radius 2 is 1.67 bits per heavy atom. The van der Waals surface area contributed by atoms with Crippen molar-refractivity contribution in [2.24, 2.45) is 0 Å². The quantitative estimate of drug-likeness (QED) is 0.101. The van der Waals surface area contributed by atoms with Crippen LogP contribution < -0.4 is 9.21 Å². The topological polar surface area (TPSA) is 127 Å². The number of likely N-dealkylation sites (tertiary alicyclic amines) is 1. The lowest BCUT2D eigenvalue weighted by Crippen LogP contribution is -2.43. The Hall–Kier alpha value is -3.91. The molecule has 0 saturated carbocycles. The van der Waals surface area contributed by atoms with E-state index >= 15 is 0 Å². The minimum atomic E-state index is -4.29. The fourth-order valence-corrected chi connectivity index (χ4v) is 7.86. The molecule has 0 aliphatic carbocycles. The van der Waals surface area contributed by atoms with Crippen molar-refractivity contribution >= 4 is 67.7 Å². The van der Waals surface area contributed by atoms with Crippen LogP contribution in [0.2, 0.25) is 10.0 Å². The number of benzene rings is 2. The lowest BCUT2D eigenvalue weighted by molar-refractivity contribution is -0.141. The van der Waals surface area contributed by atoms with Gasteiger partial charge in [0.05, 0.1) is 22.7 Å². The highest BCUT2D eigenvalue weighted by Crippen LogP contribution is 2.31. The van der Waals surface area contributed by atoms with Gasteiger partial charge in [-0.15, -0.1) is 10.2 Å². The Morgan fingerprint density at radius 1 is 0.941 bits per heavy atom. The third-order valence-electron chi connectivity index (χ3n) is 8.28. The van der Waals surface area contributed by atoms with Crippen LogP contribution in [0.3, 0.4) is 0 Å². The van der Waals surface area contributed by atoms with E-state index in [-0.39, 0.29) is 27.2 Å². The lowest BCUT2D eigenvalue weighted by Gasteiger charge is -2.30. The molecule has 2 aromatic carbocycles. The van der Waals surface area contributed by atoms with Crippen LogP contribution in [-0.4, -0.2) is 85.1 Å². The van der Waals surface area contributed by atoms with Gasteiger partial charge >= 0.3 is 12.1 Å². The minimum Gasteiger partial charge on any atom is -0.464 e. The van der Waals surface area contributed by atoms with Crippen molar-refractivity contribution in [2.75, 3.05) is 48.5 Å². The van der Waals surface area contributed by atoms with Gasteiger partial charge in [-0.1, -0.05) is 43.0 Å². The maximum atomic E-state index is 14.0. The molecular formula is C36H44Cl2N6O6S. The van der Waals surface area contributed by atoms with E-state index in [4.69, 9.17) is 32.7 Å². The Balaban J connectivity index is 1.43. The number of hydrogen-bond acceptors (Lipinski definition) is 9. The number of piperidine rings is 1. The van der Waals surface area contributed by atoms with Gasteiger partial charge in [0.15, 0.2) is 11.6 Å². The molecule has 0 atom stereocenters. The van der Waals surface area contributed by atoms with Crippen LogP contribution >= 0.6 is 23.2 Å². The number of nitrogens with zero attached hydrogens (tertiary/aromatic N) is 6. The second kappa shape index (κ2) is 16.6. The molecule has 15 heteroatoms. The highest BCUT2D eigenvalue weighted by Gasteiger charge is 2.30. The second-order valence-electron chi connectivity index (χ2n) is 13.4. The summed E-state index contributed by atoms with van der Waals surface area (Å²) in [7, 11) is -4.29. The largest absolute Gasteiger partial charge is 0.464 e. The SMILES string of the molecule is CCCCOC(=O)CN(c1ccc2c(ccn2-c2ccc(N(CCN3CCCCC3)C(=O)OC(C)(C)C)nn2)c1)S(=O)(=O)c1cc(Cl)cc(Cl)c1. The van der Waals surface area contributed by atoms with Gasteiger partial charge in [0.2, 0.25) is 0 Å². The van der Waals surface area contributed by atoms with E-state index < -0.39 is 34.2 Å². The summed E-state index contributed by atoms with van der Waals surface area (Å²) in [6.45, 7) is 10.2. The summed E-state index contributed by atoms with van der Waals surface area (Å²) in [5.74, 6) is 0.167. The number of ether oxygens (including phenoxy) is 2. The molecule has 5 rings (SSSR count). The van der Waals surface area contributed by atoms with E-state index in [1.165, 1.54) is 29.5 Å². The monoisotopic (exact) mass is 758 g/mol. The van der Waals surface area contributed by atoms with E-state index in [9.17, 15) is 18.0 Å². The number of esters is 1. The first-order valence-corrected chi connectivity index (χ1v) is 19.3. The molecule has 51 heavy (non-hydrogen) atoms. The summed E-state index contributed by atoms with van der Waals surface area (Å²) in [6.07, 6.45) is 6.27. The van der Waals surface area contributed by atoms with E-state index in [0.29, 0.717) is 42.0 Å². The molecule has 4 aromatic rings. The van der Waals surface area contributed by atoms with E-state index in [1.807, 2.05) is 27.7 Å². The molecule has 12 nitrogen and oxygen atoms in total. The molecule has 0 unspecified atom stereocenters. The number of fused-ring (bicyclic) bond motifs is 1. The summed E-state index contributed by atoms with van der Waals surface area (Å²) >= 11 is 12.3. The van der Waals surface area contributed by atoms with Crippen LogP contribution in [0.5, 0.6) is 0 Å². The smallest absolute Gasteiger partial charge is 0.416 e. The van der Waals surface area contributed by atoms with Crippen molar-refractivity contribution in [3.05, 3.63) is 70.8 Å². The predicted molar refractivity (Wildman–Crippen MR) is 200 cm³/mol. The molecule has 0 radical (unpaired) electrons. The van der Waals surface area contributed by atoms with Crippen LogP contribution in [0.25, 0.3) is 16.7 Å². The number of sulfonamides is 1. The Kier molecular flexibility index (Phi) is 12.5. The average Bonchev–Trinajstić information content (AvgIpc) is 3.50. The van der Waals surface area contributed by atoms with E-state index in [2.05, 4.69) is 15.1 Å². The zero-order chi connectivity index (χ0) is 36.8. The highest BCUT2D eigenvalue weighted by molar-refractivity contribution is 7.92. The molecule has 1 fully saturated rings. The molecule has 274 valence electrons. The maximum Gasteiger partial charge on any atom is 0.416 e. The van der Waals surface area contributed by atoms with Gasteiger partial charge in [0.25, 0.3) is 10.0 Å². The first kappa shape index (κ1) is 38.3. The number of unbranched alkanes of at least 4 members (excludes halogenated alkanes) is 1. The zero-order valence-electron chi connectivity index (χ0n) is 29.3. The average molecular weight is 760 g/mol. The molecule has 3 heterocycles. The number of carbonyl (C=O) groups excluding carboxylic acids is 2. The lowest BCUT2D eigenvalue weighted by atomic mass is 10.1. The third kappa shape index (κ3) is 9.91. The molecule has 0 bridgehead atoms. The van der Waals surface area contributed by atoms with Crippen LogP contribution in [0.1, 0.15) is 59.8 Å². The van der Waals surface area contributed by atoms with E-state index in [1.54, 1.807) is 47.2 Å². The number of hydrogen-bond donors (Lipinski definition) is 0. The molecule has 1 amide bonds. The Bertz CT molecular complexity index is 1920. The molecule has 1 saturated heterocycles. The molecular weight excluding hydrogens is 715 g/mol. The number of rotatable bonds is 13. The van der Waals surface area contributed by atoms with Crippen LogP contribution in [0.4, 0.5) is 16.3 Å². The van der Waals surface area contributed by atoms with Crippen LogP contribution in [0.15, 0.2) is 65.7 Å². The third-order valence-corrected chi connectivity index (χ3v) is 10.5. The van der Waals surface area contributed by atoms with Crippen molar-refractivity contribution in [3.8, 4) is 5.82 Å². The number of anilines is 2. The fraction of sp³-hybridized carbons (Fsp3) is 0.444. The van der Waals surface area contributed by atoms with Crippen LogP contribution in [0, 0.1) is 0 Å². The molecule has 1 aliphatic heterocycles. The normalized spacial score (nSPS) is 14.0.